The van der Waals surface area contributed by atoms with E-state index in [1.54, 1.807) is 0 Å². The van der Waals surface area contributed by atoms with Crippen LogP contribution >= 0.6 is 0 Å². The van der Waals surface area contributed by atoms with E-state index in [0.29, 0.717) is 0 Å². The molecule has 0 bridgehead atoms. The number of nitrogens with zero attached hydrogens (tertiary/aromatic N) is 1. The smallest absolute Gasteiger partial charge is 0.159 e. The van der Waals surface area contributed by atoms with Crippen molar-refractivity contribution in [3.8, 4) is 33.4 Å². The van der Waals surface area contributed by atoms with Crippen molar-refractivity contribution in [2.24, 2.45) is 0 Å². The highest BCUT2D eigenvalue weighted by molar-refractivity contribution is 6.13. The van der Waals surface area contributed by atoms with Gasteiger partial charge in [-0.25, -0.2) is 0 Å². The molecule has 2 heteroatoms. The van der Waals surface area contributed by atoms with Crippen molar-refractivity contribution in [3.63, 3.8) is 0 Å². The summed E-state index contributed by atoms with van der Waals surface area (Å²) in [5.74, 6) is 0. The Morgan fingerprint density at radius 3 is 1.37 bits per heavy atom. The zero-order valence-electron chi connectivity index (χ0n) is 31.2. The molecule has 2 nitrogen and oxygen atoms in total. The molecule has 268 valence electrons. The predicted molar refractivity (Wildman–Crippen MR) is 237 cm³/mol. The van der Waals surface area contributed by atoms with Crippen LogP contribution in [0.4, 0.5) is 17.1 Å². The summed E-state index contributed by atoms with van der Waals surface area (Å²) in [7, 11) is 0. The average molecular weight is 728 g/mol. The molecular formula is C55H37NO. The summed E-state index contributed by atoms with van der Waals surface area (Å²) in [5.41, 5.74) is 16.4. The lowest BCUT2D eigenvalue weighted by atomic mass is 9.66. The van der Waals surface area contributed by atoms with Gasteiger partial charge in [-0.15, -0.1) is 0 Å². The molecule has 57 heavy (non-hydrogen) atoms. The third-order valence-electron chi connectivity index (χ3n) is 11.8. The van der Waals surface area contributed by atoms with Gasteiger partial charge in [0.15, 0.2) is 5.58 Å². The molecule has 0 spiro atoms. The van der Waals surface area contributed by atoms with Crippen molar-refractivity contribution >= 4 is 39.0 Å². The van der Waals surface area contributed by atoms with Crippen LogP contribution in [0.25, 0.3) is 55.3 Å². The van der Waals surface area contributed by atoms with Gasteiger partial charge in [0.25, 0.3) is 0 Å². The van der Waals surface area contributed by atoms with Crippen molar-refractivity contribution in [1.82, 2.24) is 0 Å². The van der Waals surface area contributed by atoms with Gasteiger partial charge in [0, 0.05) is 22.1 Å². The lowest BCUT2D eigenvalue weighted by molar-refractivity contribution is 0.668. The minimum Gasteiger partial charge on any atom is -0.454 e. The van der Waals surface area contributed by atoms with E-state index in [1.807, 2.05) is 0 Å². The highest BCUT2D eigenvalue weighted by Gasteiger charge is 2.47. The van der Waals surface area contributed by atoms with E-state index in [-0.39, 0.29) is 0 Å². The van der Waals surface area contributed by atoms with Crippen LogP contribution < -0.4 is 4.90 Å². The first-order chi connectivity index (χ1) is 28.3. The average Bonchev–Trinajstić information content (AvgIpc) is 3.83. The molecule has 1 heterocycles. The second-order valence-electron chi connectivity index (χ2n) is 14.8. The fraction of sp³-hybridized carbons (Fsp3) is 0.0182. The van der Waals surface area contributed by atoms with E-state index in [4.69, 9.17) is 4.42 Å². The molecule has 0 radical (unpaired) electrons. The van der Waals surface area contributed by atoms with Crippen LogP contribution in [0.5, 0.6) is 0 Å². The van der Waals surface area contributed by atoms with Crippen LogP contribution in [-0.4, -0.2) is 0 Å². The fourth-order valence-corrected chi connectivity index (χ4v) is 9.28. The first-order valence-corrected chi connectivity index (χ1v) is 19.6. The van der Waals surface area contributed by atoms with Crippen molar-refractivity contribution in [2.75, 3.05) is 4.90 Å². The Kier molecular flexibility index (Phi) is 7.75. The summed E-state index contributed by atoms with van der Waals surface area (Å²) < 4.78 is 7.11. The molecule has 0 fully saturated rings. The Morgan fingerprint density at radius 1 is 0.351 bits per heavy atom. The topological polar surface area (TPSA) is 16.4 Å². The van der Waals surface area contributed by atoms with Crippen LogP contribution in [0.2, 0.25) is 0 Å². The second kappa shape index (κ2) is 13.4. The van der Waals surface area contributed by atoms with Gasteiger partial charge >= 0.3 is 0 Å². The van der Waals surface area contributed by atoms with E-state index in [2.05, 4.69) is 229 Å². The summed E-state index contributed by atoms with van der Waals surface area (Å²) in [6, 6.07) is 81.0. The van der Waals surface area contributed by atoms with Crippen LogP contribution in [0.1, 0.15) is 22.3 Å². The quantitative estimate of drug-likeness (QED) is 0.163. The van der Waals surface area contributed by atoms with Crippen molar-refractivity contribution in [2.45, 2.75) is 5.41 Å². The molecule has 9 aromatic carbocycles. The van der Waals surface area contributed by atoms with Crippen molar-refractivity contribution in [3.05, 3.63) is 247 Å². The van der Waals surface area contributed by atoms with Crippen molar-refractivity contribution in [1.29, 1.82) is 0 Å². The van der Waals surface area contributed by atoms with E-state index in [1.165, 1.54) is 55.6 Å². The van der Waals surface area contributed by atoms with Gasteiger partial charge in [-0.2, -0.15) is 0 Å². The number of furan rings is 1. The molecule has 0 saturated heterocycles. The first kappa shape index (κ1) is 33.0. The summed E-state index contributed by atoms with van der Waals surface area (Å²) in [6.07, 6.45) is 0. The number of hydrogen-bond donors (Lipinski definition) is 0. The highest BCUT2D eigenvalue weighted by atomic mass is 16.3. The predicted octanol–water partition coefficient (Wildman–Crippen LogP) is 14.8. The number of fused-ring (bicyclic) bond motifs is 6. The Balaban J connectivity index is 1.19. The fourth-order valence-electron chi connectivity index (χ4n) is 9.28. The summed E-state index contributed by atoms with van der Waals surface area (Å²) in [6.45, 7) is 0. The molecule has 1 aliphatic carbocycles. The molecule has 11 rings (SSSR count). The van der Waals surface area contributed by atoms with Gasteiger partial charge in [0.2, 0.25) is 0 Å². The Labute approximate surface area is 332 Å². The molecule has 0 unspecified atom stereocenters. The third kappa shape index (κ3) is 5.18. The highest BCUT2D eigenvalue weighted by Crippen LogP contribution is 2.59. The molecule has 1 aromatic heterocycles. The maximum absolute atomic E-state index is 7.11. The van der Waals surface area contributed by atoms with Crippen LogP contribution in [0, 0.1) is 0 Å². The van der Waals surface area contributed by atoms with E-state index >= 15 is 0 Å². The number of hydrogen-bond acceptors (Lipinski definition) is 2. The van der Waals surface area contributed by atoms with Crippen LogP contribution in [0.3, 0.4) is 0 Å². The Hall–Kier alpha value is -7.42. The SMILES string of the molecule is c1ccc(-c2ccc(N(c3ccc(-c4ccccc4)cc3)c3ccc(C4(c5ccccc5)c5ccccc5-c5ccccc54)c4c3oc3ccccc34)cc2)cc1. The standard InChI is InChI=1S/C55H37NO/c1-4-16-38(17-5-1)40-28-32-43(33-29-40)56(44-34-30-41(31-35-44)39-18-6-2-7-19-39)51-37-36-50(53-47-24-12-15-27-52(47)57-54(51)53)55(42-20-8-3-9-21-42)48-25-13-10-22-45(48)46-23-11-14-26-49(46)55/h1-37H. The van der Waals surface area contributed by atoms with Gasteiger partial charge in [0.1, 0.15) is 5.58 Å². The Morgan fingerprint density at radius 2 is 0.807 bits per heavy atom. The maximum Gasteiger partial charge on any atom is 0.159 e. The van der Waals surface area contributed by atoms with Gasteiger partial charge in [0.05, 0.1) is 11.1 Å². The largest absolute Gasteiger partial charge is 0.454 e. The molecule has 0 amide bonds. The maximum atomic E-state index is 7.11. The molecule has 0 atom stereocenters. The molecular weight excluding hydrogens is 691 g/mol. The first-order valence-electron chi connectivity index (χ1n) is 19.6. The number of benzene rings is 9. The molecule has 0 saturated carbocycles. The minimum absolute atomic E-state index is 0.586. The molecule has 0 N–H and O–H groups in total. The van der Waals surface area contributed by atoms with Crippen LogP contribution in [-0.2, 0) is 5.41 Å². The van der Waals surface area contributed by atoms with Gasteiger partial charge in [-0.1, -0.05) is 188 Å². The van der Waals surface area contributed by atoms with Gasteiger partial charge in [-0.3, -0.25) is 0 Å². The monoisotopic (exact) mass is 727 g/mol. The zero-order chi connectivity index (χ0) is 37.8. The van der Waals surface area contributed by atoms with E-state index < -0.39 is 5.41 Å². The minimum atomic E-state index is -0.586. The number of rotatable bonds is 7. The normalized spacial score (nSPS) is 12.7. The Bertz CT molecular complexity index is 2910. The van der Waals surface area contributed by atoms with E-state index in [0.717, 1.165) is 39.0 Å². The second-order valence-corrected chi connectivity index (χ2v) is 14.8. The van der Waals surface area contributed by atoms with Crippen LogP contribution in [0.15, 0.2) is 229 Å². The molecule has 10 aromatic rings. The van der Waals surface area contributed by atoms with Gasteiger partial charge < -0.3 is 9.32 Å². The lowest BCUT2D eigenvalue weighted by Gasteiger charge is -2.35. The zero-order valence-corrected chi connectivity index (χ0v) is 31.2. The molecule has 0 aliphatic heterocycles. The number of anilines is 3. The van der Waals surface area contributed by atoms with E-state index in [9.17, 15) is 0 Å². The summed E-state index contributed by atoms with van der Waals surface area (Å²) in [5, 5.41) is 2.21. The summed E-state index contributed by atoms with van der Waals surface area (Å²) in [4.78, 5) is 2.35. The lowest BCUT2D eigenvalue weighted by Crippen LogP contribution is -2.29. The third-order valence-corrected chi connectivity index (χ3v) is 11.8. The molecule has 1 aliphatic rings. The van der Waals surface area contributed by atoms with Crippen molar-refractivity contribution < 1.29 is 4.42 Å². The number of para-hydroxylation sites is 1. The summed E-state index contributed by atoms with van der Waals surface area (Å²) >= 11 is 0. The van der Waals surface area contributed by atoms with Gasteiger partial charge in [-0.05, 0) is 92.0 Å².